The van der Waals surface area contributed by atoms with Crippen LogP contribution in [0.25, 0.3) is 0 Å². The first-order valence-electron chi connectivity index (χ1n) is 12.2. The number of benzene rings is 3. The average Bonchev–Trinajstić information content (AvgIpc) is 2.92. The number of halogens is 1. The van der Waals surface area contributed by atoms with E-state index in [-0.39, 0.29) is 17.3 Å². The Hall–Kier alpha value is -3.17. The number of nitrogens with zero attached hydrogens (tertiary/aromatic N) is 2. The average molecular weight is 587 g/mol. The number of hydrogen-bond donors (Lipinski definition) is 1. The number of amides is 2. The van der Waals surface area contributed by atoms with Gasteiger partial charge >= 0.3 is 0 Å². The largest absolute Gasteiger partial charge is 0.354 e. The van der Waals surface area contributed by atoms with Crippen LogP contribution in [-0.4, -0.2) is 44.3 Å². The Morgan fingerprint density at radius 3 is 2.05 bits per heavy atom. The van der Waals surface area contributed by atoms with Crippen LogP contribution in [0, 0.1) is 0 Å². The molecule has 0 heterocycles. The minimum atomic E-state index is -4.07. The van der Waals surface area contributed by atoms with E-state index in [4.69, 9.17) is 0 Å². The minimum Gasteiger partial charge on any atom is -0.354 e. The van der Waals surface area contributed by atoms with E-state index in [1.807, 2.05) is 44.2 Å². The lowest BCUT2D eigenvalue weighted by Gasteiger charge is -2.33. The van der Waals surface area contributed by atoms with Gasteiger partial charge in [0.15, 0.2) is 0 Å². The molecule has 0 bridgehead atoms. The highest BCUT2D eigenvalue weighted by molar-refractivity contribution is 9.10. The molecule has 0 aliphatic heterocycles. The van der Waals surface area contributed by atoms with Crippen molar-refractivity contribution >= 4 is 43.5 Å². The zero-order valence-corrected chi connectivity index (χ0v) is 23.4. The maximum Gasteiger partial charge on any atom is 0.264 e. The van der Waals surface area contributed by atoms with Gasteiger partial charge in [-0.1, -0.05) is 78.3 Å². The van der Waals surface area contributed by atoms with E-state index in [2.05, 4.69) is 21.2 Å². The van der Waals surface area contributed by atoms with Gasteiger partial charge in [0.2, 0.25) is 11.8 Å². The quantitative estimate of drug-likeness (QED) is 0.325. The first-order chi connectivity index (χ1) is 17.8. The first-order valence-corrected chi connectivity index (χ1v) is 14.5. The molecule has 9 heteroatoms. The van der Waals surface area contributed by atoms with Crippen LogP contribution >= 0.6 is 15.9 Å². The molecule has 0 saturated carbocycles. The van der Waals surface area contributed by atoms with E-state index in [1.165, 1.54) is 17.0 Å². The molecule has 0 spiro atoms. The van der Waals surface area contributed by atoms with Gasteiger partial charge in [0.05, 0.1) is 10.6 Å². The van der Waals surface area contributed by atoms with Crippen molar-refractivity contribution < 1.29 is 18.0 Å². The van der Waals surface area contributed by atoms with E-state index in [9.17, 15) is 18.0 Å². The Morgan fingerprint density at radius 2 is 1.49 bits per heavy atom. The van der Waals surface area contributed by atoms with Crippen LogP contribution in [0.2, 0.25) is 0 Å². The Balaban J connectivity index is 2.02. The second-order valence-electron chi connectivity index (χ2n) is 8.52. The summed E-state index contributed by atoms with van der Waals surface area (Å²) in [7, 11) is -4.07. The van der Waals surface area contributed by atoms with Crippen LogP contribution in [0.4, 0.5) is 5.69 Å². The van der Waals surface area contributed by atoms with Crippen molar-refractivity contribution in [1.29, 1.82) is 0 Å². The molecule has 0 fully saturated rings. The molecule has 196 valence electrons. The van der Waals surface area contributed by atoms with E-state index in [1.54, 1.807) is 42.5 Å². The fraction of sp³-hybridized carbons (Fsp3) is 0.286. The van der Waals surface area contributed by atoms with Crippen molar-refractivity contribution in [1.82, 2.24) is 10.2 Å². The maximum absolute atomic E-state index is 13.9. The highest BCUT2D eigenvalue weighted by Gasteiger charge is 2.33. The molecule has 0 unspecified atom stereocenters. The summed E-state index contributed by atoms with van der Waals surface area (Å²) in [6.07, 6.45) is 1.15. The number of carbonyl (C=O) groups excluding carboxylic acids is 2. The molecule has 3 aromatic rings. The summed E-state index contributed by atoms with van der Waals surface area (Å²) in [6, 6.07) is 23.4. The number of hydrogen-bond acceptors (Lipinski definition) is 4. The van der Waals surface area contributed by atoms with Crippen molar-refractivity contribution in [2.75, 3.05) is 17.4 Å². The second-order valence-corrected chi connectivity index (χ2v) is 11.3. The van der Waals surface area contributed by atoms with Gasteiger partial charge in [-0.25, -0.2) is 8.42 Å². The molecule has 7 nitrogen and oxygen atoms in total. The lowest BCUT2D eigenvalue weighted by atomic mass is 10.1. The molecule has 3 aromatic carbocycles. The van der Waals surface area contributed by atoms with Gasteiger partial charge in [0, 0.05) is 17.6 Å². The van der Waals surface area contributed by atoms with Crippen molar-refractivity contribution in [3.8, 4) is 0 Å². The number of sulfonamides is 1. The third-order valence-corrected chi connectivity index (χ3v) is 8.17. The van der Waals surface area contributed by atoms with Crippen molar-refractivity contribution in [2.45, 2.75) is 44.2 Å². The van der Waals surface area contributed by atoms with Crippen LogP contribution in [0.15, 0.2) is 94.3 Å². The monoisotopic (exact) mass is 585 g/mol. The Bertz CT molecular complexity index is 1270. The highest BCUT2D eigenvalue weighted by atomic mass is 79.9. The van der Waals surface area contributed by atoms with Crippen LogP contribution in [0.5, 0.6) is 0 Å². The molecule has 0 aliphatic carbocycles. The van der Waals surface area contributed by atoms with Crippen LogP contribution in [-0.2, 0) is 26.2 Å². The molecule has 37 heavy (non-hydrogen) atoms. The molecule has 1 N–H and O–H groups in total. The lowest BCUT2D eigenvalue weighted by Crippen LogP contribution is -2.52. The zero-order valence-electron chi connectivity index (χ0n) is 21.0. The van der Waals surface area contributed by atoms with Gasteiger partial charge in [-0.3, -0.25) is 13.9 Å². The fourth-order valence-corrected chi connectivity index (χ4v) is 5.62. The Labute approximate surface area is 227 Å². The maximum atomic E-state index is 13.9. The molecular weight excluding hydrogens is 554 g/mol. The lowest BCUT2D eigenvalue weighted by molar-refractivity contribution is -0.140. The molecule has 0 radical (unpaired) electrons. The standard InChI is InChI=1S/C28H32BrN3O4S/c1-3-19-30-28(34)26(4-2)31(20-22-11-7-5-8-12-22)27(33)21-32(24-17-15-23(29)16-18-24)37(35,36)25-13-9-6-10-14-25/h5-18,26H,3-4,19-21H2,1-2H3,(H,30,34)/t26-/m1/s1. The molecule has 0 saturated heterocycles. The number of carbonyl (C=O) groups is 2. The summed E-state index contributed by atoms with van der Waals surface area (Å²) in [4.78, 5) is 28.5. The zero-order chi connectivity index (χ0) is 26.8. The topological polar surface area (TPSA) is 86.8 Å². The van der Waals surface area contributed by atoms with E-state index in [0.717, 1.165) is 20.8 Å². The summed E-state index contributed by atoms with van der Waals surface area (Å²) >= 11 is 3.38. The fourth-order valence-electron chi connectivity index (χ4n) is 3.92. The third-order valence-electron chi connectivity index (χ3n) is 5.86. The first kappa shape index (κ1) is 28.4. The normalized spacial score (nSPS) is 12.0. The summed E-state index contributed by atoms with van der Waals surface area (Å²) in [6.45, 7) is 4.02. The van der Waals surface area contributed by atoms with Gasteiger partial charge in [0.25, 0.3) is 10.0 Å². The third kappa shape index (κ3) is 7.42. The number of anilines is 1. The smallest absolute Gasteiger partial charge is 0.264 e. The Morgan fingerprint density at radius 1 is 0.892 bits per heavy atom. The van der Waals surface area contributed by atoms with Crippen LogP contribution in [0.1, 0.15) is 32.3 Å². The summed E-state index contributed by atoms with van der Waals surface area (Å²) in [5.41, 5.74) is 1.20. The van der Waals surface area contributed by atoms with Gasteiger partial charge < -0.3 is 10.2 Å². The highest BCUT2D eigenvalue weighted by Crippen LogP contribution is 2.26. The molecular formula is C28H32BrN3O4S. The summed E-state index contributed by atoms with van der Waals surface area (Å²) < 4.78 is 29.3. The van der Waals surface area contributed by atoms with Gasteiger partial charge in [-0.05, 0) is 54.8 Å². The SMILES string of the molecule is CCCNC(=O)[C@@H](CC)N(Cc1ccccc1)C(=O)CN(c1ccc(Br)cc1)S(=O)(=O)c1ccccc1. The summed E-state index contributed by atoms with van der Waals surface area (Å²) in [5, 5.41) is 2.88. The van der Waals surface area contributed by atoms with E-state index in [0.29, 0.717) is 18.7 Å². The molecule has 2 amide bonds. The van der Waals surface area contributed by atoms with Crippen molar-refractivity contribution in [2.24, 2.45) is 0 Å². The van der Waals surface area contributed by atoms with E-state index < -0.39 is 28.5 Å². The Kier molecular flexibility index (Phi) is 10.3. The summed E-state index contributed by atoms with van der Waals surface area (Å²) in [5.74, 6) is -0.723. The van der Waals surface area contributed by atoms with Gasteiger partial charge in [-0.2, -0.15) is 0 Å². The predicted molar refractivity (Wildman–Crippen MR) is 149 cm³/mol. The van der Waals surface area contributed by atoms with Crippen LogP contribution < -0.4 is 9.62 Å². The molecule has 0 aromatic heterocycles. The molecule has 0 aliphatic rings. The molecule has 1 atom stereocenters. The van der Waals surface area contributed by atoms with Gasteiger partial charge in [0.1, 0.15) is 12.6 Å². The minimum absolute atomic E-state index is 0.0769. The number of nitrogens with one attached hydrogen (secondary N) is 1. The second kappa shape index (κ2) is 13.4. The van der Waals surface area contributed by atoms with Crippen molar-refractivity contribution in [3.63, 3.8) is 0 Å². The van der Waals surface area contributed by atoms with E-state index >= 15 is 0 Å². The number of rotatable bonds is 12. The van der Waals surface area contributed by atoms with Crippen LogP contribution in [0.3, 0.4) is 0 Å². The predicted octanol–water partition coefficient (Wildman–Crippen LogP) is 4.98. The van der Waals surface area contributed by atoms with Crippen molar-refractivity contribution in [3.05, 3.63) is 95.0 Å². The molecule has 3 rings (SSSR count). The van der Waals surface area contributed by atoms with Gasteiger partial charge in [-0.15, -0.1) is 0 Å².